The summed E-state index contributed by atoms with van der Waals surface area (Å²) in [5.41, 5.74) is 2.99. The molecule has 0 atom stereocenters. The van der Waals surface area contributed by atoms with Gasteiger partial charge in [0.05, 0.1) is 24.0 Å². The molecule has 1 aliphatic heterocycles. The van der Waals surface area contributed by atoms with Gasteiger partial charge in [0.1, 0.15) is 0 Å². The van der Waals surface area contributed by atoms with E-state index in [1.165, 1.54) is 12.1 Å². The highest BCUT2D eigenvalue weighted by Crippen LogP contribution is 2.28. The van der Waals surface area contributed by atoms with Crippen LogP contribution in [0, 0.1) is 5.82 Å². The molecule has 0 N–H and O–H groups in total. The van der Waals surface area contributed by atoms with E-state index in [-0.39, 0.29) is 11.5 Å². The van der Waals surface area contributed by atoms with Crippen LogP contribution in [0.5, 0.6) is 0 Å². The SMILES string of the molecule is O=c1c2ccc(-c3cccc(N4CCC4)c3)cc2cnn1-c1ncc(F)cn1. The second-order valence-electron chi connectivity index (χ2n) is 6.76. The molecule has 1 aliphatic rings. The van der Waals surface area contributed by atoms with Gasteiger partial charge in [-0.25, -0.2) is 14.4 Å². The molecule has 2 aromatic carbocycles. The van der Waals surface area contributed by atoms with Crippen molar-refractivity contribution in [1.29, 1.82) is 0 Å². The molecule has 6 nitrogen and oxygen atoms in total. The van der Waals surface area contributed by atoms with Crippen LogP contribution in [-0.2, 0) is 0 Å². The Hall–Kier alpha value is -3.61. The first-order valence-electron chi connectivity index (χ1n) is 9.04. The molecule has 5 rings (SSSR count). The minimum absolute atomic E-state index is 0.0413. The third kappa shape index (κ3) is 2.81. The number of rotatable bonds is 3. The van der Waals surface area contributed by atoms with Crippen LogP contribution in [0.25, 0.3) is 27.8 Å². The second-order valence-corrected chi connectivity index (χ2v) is 6.76. The Bertz CT molecular complexity index is 1230. The molecule has 0 aliphatic carbocycles. The van der Waals surface area contributed by atoms with E-state index in [1.54, 1.807) is 12.3 Å². The molecule has 0 unspecified atom stereocenters. The molecule has 0 radical (unpaired) electrons. The minimum atomic E-state index is -0.567. The molecule has 1 fully saturated rings. The Balaban J connectivity index is 1.56. The maximum absolute atomic E-state index is 13.0. The van der Waals surface area contributed by atoms with Gasteiger partial charge in [0.15, 0.2) is 5.82 Å². The number of hydrogen-bond donors (Lipinski definition) is 0. The number of nitrogens with zero attached hydrogens (tertiary/aromatic N) is 5. The van der Waals surface area contributed by atoms with Crippen LogP contribution in [0.1, 0.15) is 6.42 Å². The Labute approximate surface area is 159 Å². The number of hydrogen-bond acceptors (Lipinski definition) is 5. The number of halogens is 1. The molecule has 0 bridgehead atoms. The summed E-state index contributed by atoms with van der Waals surface area (Å²) in [4.78, 5) is 22.8. The summed E-state index contributed by atoms with van der Waals surface area (Å²) < 4.78 is 14.1. The van der Waals surface area contributed by atoms with Gasteiger partial charge < -0.3 is 4.90 Å². The average Bonchev–Trinajstić information content (AvgIpc) is 2.68. The number of anilines is 1. The highest BCUT2D eigenvalue weighted by molar-refractivity contribution is 5.86. The molecule has 7 heteroatoms. The molecular formula is C21H16FN5O. The van der Waals surface area contributed by atoms with Crippen LogP contribution in [-0.4, -0.2) is 32.8 Å². The lowest BCUT2D eigenvalue weighted by Crippen LogP contribution is -2.36. The van der Waals surface area contributed by atoms with Gasteiger partial charge >= 0.3 is 0 Å². The van der Waals surface area contributed by atoms with E-state index in [0.717, 1.165) is 46.7 Å². The smallest absolute Gasteiger partial charge is 0.282 e. The van der Waals surface area contributed by atoms with Gasteiger partial charge in [-0.3, -0.25) is 4.79 Å². The number of benzene rings is 2. The summed E-state index contributed by atoms with van der Waals surface area (Å²) in [6.45, 7) is 2.19. The third-order valence-electron chi connectivity index (χ3n) is 4.98. The highest BCUT2D eigenvalue weighted by atomic mass is 19.1. The Morgan fingerprint density at radius 3 is 2.46 bits per heavy atom. The highest BCUT2D eigenvalue weighted by Gasteiger charge is 2.15. The van der Waals surface area contributed by atoms with Crippen molar-refractivity contribution in [3.63, 3.8) is 0 Å². The summed E-state index contributed by atoms with van der Waals surface area (Å²) in [5.74, 6) is -0.526. The van der Waals surface area contributed by atoms with Crippen molar-refractivity contribution in [2.75, 3.05) is 18.0 Å². The maximum atomic E-state index is 13.0. The van der Waals surface area contributed by atoms with Gasteiger partial charge in [0.25, 0.3) is 11.5 Å². The molecule has 4 aromatic rings. The van der Waals surface area contributed by atoms with E-state index in [1.807, 2.05) is 12.1 Å². The summed E-state index contributed by atoms with van der Waals surface area (Å²) in [6, 6.07) is 14.1. The predicted molar refractivity (Wildman–Crippen MR) is 105 cm³/mol. The van der Waals surface area contributed by atoms with Crippen LogP contribution in [0.2, 0.25) is 0 Å². The summed E-state index contributed by atoms with van der Waals surface area (Å²) in [7, 11) is 0. The predicted octanol–water partition coefficient (Wildman–Crippen LogP) is 3.19. The molecule has 0 spiro atoms. The summed E-state index contributed by atoms with van der Waals surface area (Å²) in [6.07, 6.45) is 4.85. The van der Waals surface area contributed by atoms with Crippen LogP contribution in [0.4, 0.5) is 10.1 Å². The first-order chi connectivity index (χ1) is 13.7. The van der Waals surface area contributed by atoms with Gasteiger partial charge in [-0.2, -0.15) is 9.78 Å². The monoisotopic (exact) mass is 373 g/mol. The van der Waals surface area contributed by atoms with E-state index in [2.05, 4.69) is 44.2 Å². The third-order valence-corrected chi connectivity index (χ3v) is 4.98. The molecular weight excluding hydrogens is 357 g/mol. The van der Waals surface area contributed by atoms with E-state index in [4.69, 9.17) is 0 Å². The summed E-state index contributed by atoms with van der Waals surface area (Å²) >= 11 is 0. The Morgan fingerprint density at radius 2 is 1.71 bits per heavy atom. The van der Waals surface area contributed by atoms with Gasteiger partial charge in [-0.15, -0.1) is 0 Å². The molecule has 0 saturated carbocycles. The average molecular weight is 373 g/mol. The van der Waals surface area contributed by atoms with Gasteiger partial charge in [0.2, 0.25) is 0 Å². The van der Waals surface area contributed by atoms with Crippen molar-refractivity contribution in [1.82, 2.24) is 19.7 Å². The Morgan fingerprint density at radius 1 is 0.929 bits per heavy atom. The zero-order chi connectivity index (χ0) is 19.1. The maximum Gasteiger partial charge on any atom is 0.282 e. The zero-order valence-electron chi connectivity index (χ0n) is 14.9. The van der Waals surface area contributed by atoms with Gasteiger partial charge in [-0.1, -0.05) is 18.2 Å². The molecule has 138 valence electrons. The molecule has 1 saturated heterocycles. The lowest BCUT2D eigenvalue weighted by atomic mass is 10.0. The van der Waals surface area contributed by atoms with Crippen molar-refractivity contribution in [2.45, 2.75) is 6.42 Å². The minimum Gasteiger partial charge on any atom is -0.371 e. The van der Waals surface area contributed by atoms with E-state index in [9.17, 15) is 9.18 Å². The molecule has 28 heavy (non-hydrogen) atoms. The topological polar surface area (TPSA) is 63.9 Å². The van der Waals surface area contributed by atoms with Crippen molar-refractivity contribution < 1.29 is 4.39 Å². The first-order valence-corrected chi connectivity index (χ1v) is 9.04. The molecule has 0 amide bonds. The van der Waals surface area contributed by atoms with E-state index >= 15 is 0 Å². The largest absolute Gasteiger partial charge is 0.371 e. The lowest BCUT2D eigenvalue weighted by Gasteiger charge is -2.33. The second kappa shape index (κ2) is 6.53. The lowest BCUT2D eigenvalue weighted by molar-refractivity contribution is 0.607. The molecule has 2 aromatic heterocycles. The Kier molecular flexibility index (Phi) is 3.86. The quantitative estimate of drug-likeness (QED) is 0.552. The fourth-order valence-electron chi connectivity index (χ4n) is 3.34. The van der Waals surface area contributed by atoms with Gasteiger partial charge in [0, 0.05) is 24.2 Å². The van der Waals surface area contributed by atoms with Gasteiger partial charge in [-0.05, 0) is 41.8 Å². The fraction of sp³-hybridized carbons (Fsp3) is 0.143. The first kappa shape index (κ1) is 16.6. The molecule has 3 heterocycles. The van der Waals surface area contributed by atoms with Crippen molar-refractivity contribution in [3.8, 4) is 17.1 Å². The standard InChI is InChI=1S/C21H16FN5O/c22-17-12-23-21(24-13-17)27-20(28)19-6-5-15(9-16(19)11-25-27)14-3-1-4-18(10-14)26-7-2-8-26/h1,3-6,9-13H,2,7-8H2. The zero-order valence-corrected chi connectivity index (χ0v) is 14.9. The number of fused-ring (bicyclic) bond motifs is 1. The number of aromatic nitrogens is 4. The van der Waals surface area contributed by atoms with Crippen molar-refractivity contribution >= 4 is 16.5 Å². The van der Waals surface area contributed by atoms with Crippen LogP contribution >= 0.6 is 0 Å². The van der Waals surface area contributed by atoms with E-state index < -0.39 is 5.82 Å². The normalized spacial score (nSPS) is 13.5. The van der Waals surface area contributed by atoms with Crippen molar-refractivity contribution in [3.05, 3.63) is 77.2 Å². The fourth-order valence-corrected chi connectivity index (χ4v) is 3.34. The van der Waals surface area contributed by atoms with Crippen molar-refractivity contribution in [2.24, 2.45) is 0 Å². The van der Waals surface area contributed by atoms with Crippen LogP contribution in [0.15, 0.2) is 65.8 Å². The van der Waals surface area contributed by atoms with Crippen LogP contribution in [0.3, 0.4) is 0 Å². The van der Waals surface area contributed by atoms with E-state index in [0.29, 0.717) is 5.39 Å². The van der Waals surface area contributed by atoms with Crippen LogP contribution < -0.4 is 10.5 Å². The summed E-state index contributed by atoms with van der Waals surface area (Å²) in [5, 5.41) is 5.39.